The minimum absolute atomic E-state index is 0.307. The fourth-order valence-electron chi connectivity index (χ4n) is 2.55. The van der Waals surface area contributed by atoms with Crippen molar-refractivity contribution < 1.29 is 4.74 Å². The van der Waals surface area contributed by atoms with Crippen LogP contribution in [0.3, 0.4) is 0 Å². The van der Waals surface area contributed by atoms with Gasteiger partial charge in [-0.3, -0.25) is 0 Å². The van der Waals surface area contributed by atoms with Gasteiger partial charge in [0.2, 0.25) is 0 Å². The van der Waals surface area contributed by atoms with E-state index in [1.54, 1.807) is 11.3 Å². The van der Waals surface area contributed by atoms with Gasteiger partial charge >= 0.3 is 0 Å². The molecule has 1 aromatic rings. The van der Waals surface area contributed by atoms with E-state index in [0.29, 0.717) is 12.0 Å². The number of likely N-dealkylation sites (N-methyl/N-ethyl adjacent to an activating group) is 1. The van der Waals surface area contributed by atoms with Gasteiger partial charge in [-0.25, -0.2) is 4.98 Å². The predicted molar refractivity (Wildman–Crippen MR) is 68.5 cm³/mol. The van der Waals surface area contributed by atoms with Crippen molar-refractivity contribution in [1.82, 2.24) is 15.2 Å². The molecule has 17 heavy (non-hydrogen) atoms. The number of thiazole rings is 1. The predicted octanol–water partition coefficient (Wildman–Crippen LogP) is 1.22. The van der Waals surface area contributed by atoms with Crippen LogP contribution in [0.2, 0.25) is 0 Å². The maximum absolute atomic E-state index is 5.48. The summed E-state index contributed by atoms with van der Waals surface area (Å²) in [7, 11) is 2.18. The van der Waals surface area contributed by atoms with E-state index in [1.165, 1.54) is 23.7 Å². The van der Waals surface area contributed by atoms with Crippen molar-refractivity contribution in [3.05, 3.63) is 16.1 Å². The van der Waals surface area contributed by atoms with E-state index in [-0.39, 0.29) is 0 Å². The average molecular weight is 253 g/mol. The Bertz CT molecular complexity index is 356. The summed E-state index contributed by atoms with van der Waals surface area (Å²) in [5.74, 6) is 0.634. The summed E-state index contributed by atoms with van der Waals surface area (Å²) < 4.78 is 5.48. The standard InChI is InChI=1S/C12H19N3OS/c1-15-4-2-9(6-15)11-8-17-12(14-11)10-7-16-5-3-13-10/h8-10,13H,2-7H2,1H3. The first kappa shape index (κ1) is 11.6. The number of hydrogen-bond donors (Lipinski definition) is 1. The summed E-state index contributed by atoms with van der Waals surface area (Å²) in [6.45, 7) is 4.87. The molecule has 4 nitrogen and oxygen atoms in total. The number of hydrogen-bond acceptors (Lipinski definition) is 5. The second-order valence-electron chi connectivity index (χ2n) is 4.94. The molecule has 0 bridgehead atoms. The average Bonchev–Trinajstić information content (AvgIpc) is 2.98. The number of nitrogens with one attached hydrogen (secondary N) is 1. The molecule has 0 aliphatic carbocycles. The molecule has 94 valence electrons. The summed E-state index contributed by atoms with van der Waals surface area (Å²) >= 11 is 1.77. The third kappa shape index (κ3) is 2.52. The minimum atomic E-state index is 0.307. The van der Waals surface area contributed by atoms with Crippen molar-refractivity contribution >= 4 is 11.3 Å². The Morgan fingerprint density at radius 3 is 3.24 bits per heavy atom. The van der Waals surface area contributed by atoms with Gasteiger partial charge in [0, 0.05) is 24.4 Å². The van der Waals surface area contributed by atoms with Crippen molar-refractivity contribution in [3.8, 4) is 0 Å². The highest BCUT2D eigenvalue weighted by Gasteiger charge is 2.25. The maximum atomic E-state index is 5.48. The van der Waals surface area contributed by atoms with Crippen molar-refractivity contribution in [2.24, 2.45) is 0 Å². The lowest BCUT2D eigenvalue weighted by Crippen LogP contribution is -2.34. The number of aromatic nitrogens is 1. The topological polar surface area (TPSA) is 37.4 Å². The number of ether oxygens (including phenoxy) is 1. The molecule has 1 aromatic heterocycles. The van der Waals surface area contributed by atoms with Crippen LogP contribution in [-0.2, 0) is 4.74 Å². The maximum Gasteiger partial charge on any atom is 0.112 e. The number of likely N-dealkylation sites (tertiary alicyclic amines) is 1. The zero-order valence-electron chi connectivity index (χ0n) is 10.2. The number of nitrogens with zero attached hydrogens (tertiary/aromatic N) is 2. The Morgan fingerprint density at radius 1 is 1.59 bits per heavy atom. The molecule has 2 aliphatic heterocycles. The largest absolute Gasteiger partial charge is 0.378 e. The van der Waals surface area contributed by atoms with Crippen LogP contribution < -0.4 is 5.32 Å². The summed E-state index contributed by atoms with van der Waals surface area (Å²) in [4.78, 5) is 7.18. The van der Waals surface area contributed by atoms with E-state index in [9.17, 15) is 0 Å². The van der Waals surface area contributed by atoms with Gasteiger partial charge < -0.3 is 15.0 Å². The summed E-state index contributed by atoms with van der Waals surface area (Å²) in [5.41, 5.74) is 1.28. The highest BCUT2D eigenvalue weighted by Crippen LogP contribution is 2.29. The van der Waals surface area contributed by atoms with Crippen LogP contribution in [0.4, 0.5) is 0 Å². The van der Waals surface area contributed by atoms with Crippen LogP contribution in [0.1, 0.15) is 29.1 Å². The van der Waals surface area contributed by atoms with E-state index in [1.807, 2.05) is 0 Å². The summed E-state index contributed by atoms with van der Waals surface area (Å²) in [6, 6.07) is 0.307. The molecule has 5 heteroatoms. The normalized spacial score (nSPS) is 30.9. The van der Waals surface area contributed by atoms with Gasteiger partial charge in [0.1, 0.15) is 5.01 Å². The van der Waals surface area contributed by atoms with Gasteiger partial charge in [-0.15, -0.1) is 11.3 Å². The van der Waals surface area contributed by atoms with Gasteiger partial charge in [0.15, 0.2) is 0 Å². The van der Waals surface area contributed by atoms with Crippen LogP contribution in [0, 0.1) is 0 Å². The molecule has 0 radical (unpaired) electrons. The lowest BCUT2D eigenvalue weighted by molar-refractivity contribution is 0.0767. The van der Waals surface area contributed by atoms with E-state index >= 15 is 0 Å². The zero-order chi connectivity index (χ0) is 11.7. The van der Waals surface area contributed by atoms with Gasteiger partial charge in [0.25, 0.3) is 0 Å². The quantitative estimate of drug-likeness (QED) is 0.860. The van der Waals surface area contributed by atoms with Crippen molar-refractivity contribution in [2.75, 3.05) is 39.9 Å². The molecule has 1 N–H and O–H groups in total. The second kappa shape index (κ2) is 5.02. The molecule has 0 spiro atoms. The highest BCUT2D eigenvalue weighted by molar-refractivity contribution is 7.09. The fourth-order valence-corrected chi connectivity index (χ4v) is 3.51. The first-order valence-electron chi connectivity index (χ1n) is 6.28. The second-order valence-corrected chi connectivity index (χ2v) is 5.83. The van der Waals surface area contributed by atoms with Crippen LogP contribution in [0.15, 0.2) is 5.38 Å². The van der Waals surface area contributed by atoms with Gasteiger partial charge in [0.05, 0.1) is 24.9 Å². The third-order valence-electron chi connectivity index (χ3n) is 3.57. The molecular weight excluding hydrogens is 234 g/mol. The third-order valence-corrected chi connectivity index (χ3v) is 4.55. The van der Waals surface area contributed by atoms with Crippen LogP contribution >= 0.6 is 11.3 Å². The fraction of sp³-hybridized carbons (Fsp3) is 0.750. The molecule has 0 amide bonds. The first-order valence-corrected chi connectivity index (χ1v) is 7.16. The van der Waals surface area contributed by atoms with Crippen molar-refractivity contribution in [2.45, 2.75) is 18.4 Å². The molecule has 2 fully saturated rings. The zero-order valence-corrected chi connectivity index (χ0v) is 11.0. The van der Waals surface area contributed by atoms with Crippen LogP contribution in [0.25, 0.3) is 0 Å². The monoisotopic (exact) mass is 253 g/mol. The smallest absolute Gasteiger partial charge is 0.112 e. The van der Waals surface area contributed by atoms with Gasteiger partial charge in [-0.05, 0) is 20.0 Å². The molecule has 3 rings (SSSR count). The highest BCUT2D eigenvalue weighted by atomic mass is 32.1. The Kier molecular flexibility index (Phi) is 3.42. The molecule has 2 unspecified atom stereocenters. The lowest BCUT2D eigenvalue weighted by Gasteiger charge is -2.21. The Labute approximate surface area is 106 Å². The molecule has 0 aromatic carbocycles. The van der Waals surface area contributed by atoms with E-state index in [0.717, 1.165) is 26.3 Å². The molecule has 0 saturated carbocycles. The van der Waals surface area contributed by atoms with E-state index in [2.05, 4.69) is 22.6 Å². The van der Waals surface area contributed by atoms with Gasteiger partial charge in [-0.2, -0.15) is 0 Å². The number of rotatable bonds is 2. The Morgan fingerprint density at radius 2 is 2.53 bits per heavy atom. The van der Waals surface area contributed by atoms with Crippen molar-refractivity contribution in [1.29, 1.82) is 0 Å². The molecule has 2 saturated heterocycles. The number of morpholine rings is 1. The Balaban J connectivity index is 1.69. The molecular formula is C12H19N3OS. The molecule has 3 heterocycles. The van der Waals surface area contributed by atoms with Crippen LogP contribution in [-0.4, -0.2) is 49.8 Å². The first-order chi connectivity index (χ1) is 8.33. The SMILES string of the molecule is CN1CCC(c2csc(C3COCCN3)n2)C1. The van der Waals surface area contributed by atoms with Crippen molar-refractivity contribution in [3.63, 3.8) is 0 Å². The molecule has 2 aliphatic rings. The molecule has 2 atom stereocenters. The minimum Gasteiger partial charge on any atom is -0.378 e. The van der Waals surface area contributed by atoms with E-state index < -0.39 is 0 Å². The lowest BCUT2D eigenvalue weighted by atomic mass is 10.1. The summed E-state index contributed by atoms with van der Waals surface area (Å²) in [6.07, 6.45) is 1.24. The van der Waals surface area contributed by atoms with Crippen LogP contribution in [0.5, 0.6) is 0 Å². The Hall–Kier alpha value is -0.490. The van der Waals surface area contributed by atoms with E-state index in [4.69, 9.17) is 9.72 Å². The summed E-state index contributed by atoms with van der Waals surface area (Å²) in [5, 5.41) is 6.88. The van der Waals surface area contributed by atoms with Gasteiger partial charge in [-0.1, -0.05) is 0 Å².